The fourth-order valence-electron chi connectivity index (χ4n) is 8.47. The smallest absolute Gasteiger partial charge is 0.0891 e. The van der Waals surface area contributed by atoms with Crippen molar-refractivity contribution in [2.24, 2.45) is 0 Å². The van der Waals surface area contributed by atoms with Crippen molar-refractivity contribution in [3.05, 3.63) is 117 Å². The largest absolute Gasteiger partial charge is 0.352 e. The van der Waals surface area contributed by atoms with Crippen LogP contribution in [0, 0.1) is 0 Å². The molecule has 350 valence electrons. The third-order valence-electron chi connectivity index (χ3n) is 12.9. The molecule has 3 aromatic carbocycles. The summed E-state index contributed by atoms with van der Waals surface area (Å²) >= 11 is 25.2. The minimum atomic E-state index is -0.112. The number of hydrogen-bond donors (Lipinski definition) is 2. The summed E-state index contributed by atoms with van der Waals surface area (Å²) in [5.74, 6) is 0. The predicted octanol–water partition coefficient (Wildman–Crippen LogP) is 20.9. The Labute approximate surface area is 445 Å². The second-order valence-electron chi connectivity index (χ2n) is 24.5. The standard InChI is InChI=1S/C57H65Br6N3/c1-52(2,3)31-19-28(20-32(25-31)53(4,5)6)37-46-40(58)42(60)48(64-46)38(29-21-33(54(7,8)9)26-34(22-29)55(10,11)12)50-44(62)45(63)51(66-50)39(49-43(61)41(59)47(37)65-49)30-23-35(56(13,14)15)27-36(24-30)57(16,17)18/h19-27,64-65H,1-18H3. The van der Waals surface area contributed by atoms with Crippen LogP contribution in [0.15, 0.2) is 72.5 Å². The van der Waals surface area contributed by atoms with E-state index in [-0.39, 0.29) is 32.5 Å². The lowest BCUT2D eigenvalue weighted by Crippen LogP contribution is -2.16. The SMILES string of the molecule is CC(C)(C)c1cc(-c2c3nc(c(-c4cc(C(C)(C)C)cc(C(C)(C)C)c4)c4[nH]c(c(Br)c4Br)c(-c4cc(C(C)(C)C)cc(C(C)(C)C)c4)c4[nH]c2c(Br)c4Br)C(Br)=C3Br)cc(C(C)(C)C)c1. The highest BCUT2D eigenvalue weighted by Crippen LogP contribution is 2.53. The molecule has 0 saturated carbocycles. The summed E-state index contributed by atoms with van der Waals surface area (Å²) in [5, 5.41) is 0. The number of H-pyrrole nitrogens is 2. The molecule has 2 N–H and O–H groups in total. The van der Waals surface area contributed by atoms with Crippen LogP contribution in [-0.4, -0.2) is 15.0 Å². The van der Waals surface area contributed by atoms with Crippen LogP contribution in [0.5, 0.6) is 0 Å². The maximum atomic E-state index is 5.80. The molecule has 7 rings (SSSR count). The number of nitrogens with zero attached hydrogens (tertiary/aromatic N) is 1. The average Bonchev–Trinajstić information content (AvgIpc) is 3.75. The molecule has 0 radical (unpaired) electrons. The van der Waals surface area contributed by atoms with Crippen LogP contribution in [0.25, 0.3) is 64.4 Å². The van der Waals surface area contributed by atoms with Gasteiger partial charge in [-0.2, -0.15) is 0 Å². The number of hydrogen-bond acceptors (Lipinski definition) is 1. The summed E-state index contributed by atoms with van der Waals surface area (Å²) in [6.45, 7) is 41.4. The maximum absolute atomic E-state index is 5.80. The van der Waals surface area contributed by atoms with Crippen molar-refractivity contribution in [3.8, 4) is 33.4 Å². The van der Waals surface area contributed by atoms with Crippen molar-refractivity contribution in [1.82, 2.24) is 15.0 Å². The van der Waals surface area contributed by atoms with Gasteiger partial charge in [-0.1, -0.05) is 179 Å². The van der Waals surface area contributed by atoms with Crippen LogP contribution >= 0.6 is 95.6 Å². The Balaban J connectivity index is 1.86. The summed E-state index contributed by atoms with van der Waals surface area (Å²) in [7, 11) is 0. The molecule has 0 amide bonds. The molecule has 3 nitrogen and oxygen atoms in total. The van der Waals surface area contributed by atoms with Gasteiger partial charge in [0.25, 0.3) is 0 Å². The topological polar surface area (TPSA) is 44.5 Å². The summed E-state index contributed by atoms with van der Waals surface area (Å²) in [4.78, 5) is 13.9. The monoisotopic (exact) mass is 1270 g/mol. The van der Waals surface area contributed by atoms with E-state index in [0.717, 1.165) is 93.7 Å². The number of nitrogens with one attached hydrogen (secondary N) is 2. The van der Waals surface area contributed by atoms with Crippen molar-refractivity contribution in [2.75, 3.05) is 0 Å². The van der Waals surface area contributed by atoms with E-state index >= 15 is 0 Å². The van der Waals surface area contributed by atoms with E-state index < -0.39 is 0 Å². The van der Waals surface area contributed by atoms with E-state index in [9.17, 15) is 0 Å². The van der Waals surface area contributed by atoms with Gasteiger partial charge in [-0.05, 0) is 178 Å². The van der Waals surface area contributed by atoms with E-state index in [0.29, 0.717) is 0 Å². The fraction of sp³-hybridized carbons (Fsp3) is 0.421. The molecular formula is C57H65Br6N3. The van der Waals surface area contributed by atoms with Crippen LogP contribution < -0.4 is 0 Å². The highest BCUT2D eigenvalue weighted by atomic mass is 79.9. The lowest BCUT2D eigenvalue weighted by Gasteiger charge is -2.26. The Morgan fingerprint density at radius 1 is 0.303 bits per heavy atom. The molecule has 0 fully saturated rings. The summed E-state index contributed by atoms with van der Waals surface area (Å²) in [6, 6.07) is 21.4. The van der Waals surface area contributed by atoms with E-state index in [1.807, 2.05) is 0 Å². The molecular weight excluding hydrogens is 1210 g/mol. The second kappa shape index (κ2) is 17.4. The molecule has 0 saturated heterocycles. The predicted molar refractivity (Wildman–Crippen MR) is 310 cm³/mol. The lowest BCUT2D eigenvalue weighted by molar-refractivity contribution is 0.568. The molecule has 4 heterocycles. The number of aromatic nitrogens is 3. The fourth-order valence-corrected chi connectivity index (χ4v) is 11.4. The minimum Gasteiger partial charge on any atom is -0.352 e. The molecule has 0 aliphatic carbocycles. The first-order chi connectivity index (χ1) is 30.0. The zero-order chi connectivity index (χ0) is 49.3. The van der Waals surface area contributed by atoms with Gasteiger partial charge in [0, 0.05) is 16.7 Å². The molecule has 1 aliphatic heterocycles. The Bertz CT molecular complexity index is 2820. The molecule has 6 bridgehead atoms. The van der Waals surface area contributed by atoms with Gasteiger partial charge in [0.1, 0.15) is 0 Å². The van der Waals surface area contributed by atoms with Gasteiger partial charge >= 0.3 is 0 Å². The molecule has 9 heteroatoms. The van der Waals surface area contributed by atoms with Gasteiger partial charge in [0.2, 0.25) is 0 Å². The Morgan fingerprint density at radius 3 is 0.712 bits per heavy atom. The Kier molecular flexibility index (Phi) is 13.7. The normalized spacial score (nSPS) is 14.0. The van der Waals surface area contributed by atoms with Gasteiger partial charge in [-0.15, -0.1) is 0 Å². The van der Waals surface area contributed by atoms with Crippen LogP contribution in [0.4, 0.5) is 0 Å². The number of benzene rings is 3. The Morgan fingerprint density at radius 2 is 0.500 bits per heavy atom. The van der Waals surface area contributed by atoms with Crippen molar-refractivity contribution < 1.29 is 0 Å². The number of halogens is 6. The summed E-state index contributed by atoms with van der Waals surface area (Å²) < 4.78 is 5.43. The van der Waals surface area contributed by atoms with Gasteiger partial charge < -0.3 is 9.97 Å². The first kappa shape index (κ1) is 51.8. The zero-order valence-electron chi connectivity index (χ0n) is 41.9. The van der Waals surface area contributed by atoms with Gasteiger partial charge in [-0.25, -0.2) is 4.98 Å². The van der Waals surface area contributed by atoms with Crippen LogP contribution in [0.1, 0.15) is 169 Å². The minimum absolute atomic E-state index is 0.106. The number of fused-ring (bicyclic) bond motifs is 6. The van der Waals surface area contributed by atoms with E-state index in [1.54, 1.807) is 0 Å². The van der Waals surface area contributed by atoms with Crippen molar-refractivity contribution in [1.29, 1.82) is 0 Å². The first-order valence-corrected chi connectivity index (χ1v) is 27.5. The highest BCUT2D eigenvalue weighted by molar-refractivity contribution is 9.18. The van der Waals surface area contributed by atoms with Gasteiger partial charge in [-0.3, -0.25) is 0 Å². The van der Waals surface area contributed by atoms with Crippen LogP contribution in [-0.2, 0) is 32.5 Å². The molecule has 66 heavy (non-hydrogen) atoms. The molecule has 0 atom stereocenters. The van der Waals surface area contributed by atoms with Crippen molar-refractivity contribution in [3.63, 3.8) is 0 Å². The zero-order valence-corrected chi connectivity index (χ0v) is 51.4. The summed E-state index contributed by atoms with van der Waals surface area (Å²) in [5.41, 5.74) is 18.6. The highest BCUT2D eigenvalue weighted by Gasteiger charge is 2.32. The first-order valence-electron chi connectivity index (χ1n) is 22.8. The van der Waals surface area contributed by atoms with Crippen molar-refractivity contribution in [2.45, 2.75) is 157 Å². The van der Waals surface area contributed by atoms with Crippen molar-refractivity contribution >= 4 is 127 Å². The van der Waals surface area contributed by atoms with Gasteiger partial charge in [0.15, 0.2) is 0 Å². The number of aromatic amines is 2. The number of rotatable bonds is 3. The van der Waals surface area contributed by atoms with Crippen LogP contribution in [0.3, 0.4) is 0 Å². The third-order valence-corrected chi connectivity index (χ3v) is 19.2. The summed E-state index contributed by atoms with van der Waals surface area (Å²) in [6.07, 6.45) is 0. The van der Waals surface area contributed by atoms with Gasteiger partial charge in [0.05, 0.1) is 60.3 Å². The molecule has 0 spiro atoms. The average molecular weight is 1270 g/mol. The van der Waals surface area contributed by atoms with Crippen LogP contribution in [0.2, 0.25) is 0 Å². The quantitative estimate of drug-likeness (QED) is 0.182. The Hall–Kier alpha value is -2.01. The molecule has 1 aliphatic rings. The molecule has 3 aromatic heterocycles. The molecule has 6 aromatic rings. The van der Waals surface area contributed by atoms with E-state index in [4.69, 9.17) is 4.98 Å². The van der Waals surface area contributed by atoms with E-state index in [2.05, 4.69) is 285 Å². The van der Waals surface area contributed by atoms with E-state index in [1.165, 1.54) is 33.4 Å². The second-order valence-corrected chi connectivity index (χ2v) is 29.2. The maximum Gasteiger partial charge on any atom is 0.0891 e. The third kappa shape index (κ3) is 9.72. The molecule has 0 unspecified atom stereocenters. The lowest BCUT2D eigenvalue weighted by atomic mass is 9.78.